The van der Waals surface area contributed by atoms with Crippen LogP contribution in [-0.2, 0) is 13.9 Å². The molecule has 33 heavy (non-hydrogen) atoms. The fourth-order valence-electron chi connectivity index (χ4n) is 4.33. The van der Waals surface area contributed by atoms with Crippen LogP contribution in [0.1, 0.15) is 27.7 Å². The summed E-state index contributed by atoms with van der Waals surface area (Å²) in [5, 5.41) is 22.0. The molecule has 1 aliphatic rings. The minimum atomic E-state index is -2.88. The molecule has 2 aromatic rings. The Balaban J connectivity index is 2.13. The van der Waals surface area contributed by atoms with Gasteiger partial charge in [0.05, 0.1) is 6.10 Å². The maximum absolute atomic E-state index is 10.8. The lowest BCUT2D eigenvalue weighted by Gasteiger charge is -2.47. The van der Waals surface area contributed by atoms with Gasteiger partial charge in [-0.15, -0.1) is 0 Å². The van der Waals surface area contributed by atoms with Gasteiger partial charge in [0.1, 0.15) is 18.8 Å². The Morgan fingerprint density at radius 2 is 1.58 bits per heavy atom. The first-order valence-electron chi connectivity index (χ1n) is 11.3. The van der Waals surface area contributed by atoms with Gasteiger partial charge < -0.3 is 24.1 Å². The van der Waals surface area contributed by atoms with Gasteiger partial charge in [0, 0.05) is 6.61 Å². The summed E-state index contributed by atoms with van der Waals surface area (Å²) in [6.07, 6.45) is 0.674. The van der Waals surface area contributed by atoms with Crippen LogP contribution in [0.4, 0.5) is 0 Å². The van der Waals surface area contributed by atoms with Gasteiger partial charge in [-0.25, -0.2) is 0 Å². The summed E-state index contributed by atoms with van der Waals surface area (Å²) in [4.78, 5) is 0. The molecule has 0 aliphatic carbocycles. The largest absolute Gasteiger partial charge is 0.398 e. The average molecular weight is 467 g/mol. The maximum atomic E-state index is 10.8. The molecule has 0 amide bonds. The number of ether oxygens (including phenoxy) is 2. The summed E-state index contributed by atoms with van der Waals surface area (Å²) >= 11 is 0. The highest BCUT2D eigenvalue weighted by Gasteiger charge is 2.53. The van der Waals surface area contributed by atoms with Crippen LogP contribution in [0.2, 0.25) is 5.04 Å². The van der Waals surface area contributed by atoms with Crippen molar-refractivity contribution >= 4 is 18.7 Å². The van der Waals surface area contributed by atoms with E-state index in [1.165, 1.54) is 0 Å². The number of rotatable bonds is 7. The topological polar surface area (TPSA) is 68.2 Å². The molecule has 5 nitrogen and oxygen atoms in total. The van der Waals surface area contributed by atoms with Crippen LogP contribution in [0.5, 0.6) is 0 Å². The van der Waals surface area contributed by atoms with Crippen LogP contribution < -0.4 is 10.4 Å². The van der Waals surface area contributed by atoms with E-state index in [2.05, 4.69) is 56.9 Å². The molecule has 0 spiro atoms. The SMILES string of the molecule is CCO[C@@H]1C=C[C@H](O[Si](c2ccccc2)(c2ccccc2)C(C)(C)C)[C@@H]([C@H](O)C#CCO)O1. The number of aliphatic hydroxyl groups excluding tert-OH is 2. The summed E-state index contributed by atoms with van der Waals surface area (Å²) in [5.74, 6) is 5.21. The van der Waals surface area contributed by atoms with Crippen LogP contribution >= 0.6 is 0 Å². The first kappa shape index (κ1) is 25.4. The quantitative estimate of drug-likeness (QED) is 0.373. The molecule has 1 heterocycles. The molecular weight excluding hydrogens is 432 g/mol. The minimum Gasteiger partial charge on any atom is -0.398 e. The lowest BCUT2D eigenvalue weighted by molar-refractivity contribution is -0.184. The van der Waals surface area contributed by atoms with Gasteiger partial charge in [-0.2, -0.15) is 0 Å². The Kier molecular flexibility index (Phi) is 8.66. The number of hydrogen-bond acceptors (Lipinski definition) is 5. The van der Waals surface area contributed by atoms with Crippen molar-refractivity contribution in [3.8, 4) is 11.8 Å². The molecule has 6 heteroatoms. The Hall–Kier alpha value is -2.24. The Morgan fingerprint density at radius 1 is 1.00 bits per heavy atom. The van der Waals surface area contributed by atoms with E-state index in [9.17, 15) is 5.11 Å². The summed E-state index contributed by atoms with van der Waals surface area (Å²) < 4.78 is 18.8. The predicted octanol–water partition coefficient (Wildman–Crippen LogP) is 2.61. The average Bonchev–Trinajstić information content (AvgIpc) is 2.82. The number of benzene rings is 2. The molecule has 0 saturated carbocycles. The molecule has 0 fully saturated rings. The zero-order valence-electron chi connectivity index (χ0n) is 19.8. The summed E-state index contributed by atoms with van der Waals surface area (Å²) in [5.41, 5.74) is 0. The molecule has 0 aromatic heterocycles. The first-order chi connectivity index (χ1) is 15.8. The molecule has 176 valence electrons. The fourth-order valence-corrected chi connectivity index (χ4v) is 8.97. The lowest BCUT2D eigenvalue weighted by Crippen LogP contribution is -2.69. The molecule has 0 bridgehead atoms. The Bertz CT molecular complexity index is 919. The van der Waals surface area contributed by atoms with Crippen LogP contribution in [0.15, 0.2) is 72.8 Å². The first-order valence-corrected chi connectivity index (χ1v) is 13.3. The highest BCUT2D eigenvalue weighted by atomic mass is 28.4. The molecule has 0 saturated heterocycles. The van der Waals surface area contributed by atoms with E-state index in [-0.39, 0.29) is 11.6 Å². The summed E-state index contributed by atoms with van der Waals surface area (Å²) in [7, 11) is -2.88. The minimum absolute atomic E-state index is 0.230. The van der Waals surface area contributed by atoms with Crippen molar-refractivity contribution in [2.24, 2.45) is 0 Å². The van der Waals surface area contributed by atoms with Crippen LogP contribution in [0.3, 0.4) is 0 Å². The van der Waals surface area contributed by atoms with Crippen LogP contribution in [0.25, 0.3) is 0 Å². The van der Waals surface area contributed by atoms with Crippen molar-refractivity contribution in [2.45, 2.75) is 57.3 Å². The van der Waals surface area contributed by atoms with Crippen molar-refractivity contribution in [3.05, 3.63) is 72.8 Å². The predicted molar refractivity (Wildman–Crippen MR) is 133 cm³/mol. The smallest absolute Gasteiger partial charge is 0.262 e. The van der Waals surface area contributed by atoms with Gasteiger partial charge in [-0.1, -0.05) is 99.4 Å². The number of aliphatic hydroxyl groups is 2. The van der Waals surface area contributed by atoms with Crippen molar-refractivity contribution in [2.75, 3.05) is 13.2 Å². The van der Waals surface area contributed by atoms with E-state index >= 15 is 0 Å². The highest BCUT2D eigenvalue weighted by Crippen LogP contribution is 2.39. The second kappa shape index (κ2) is 11.3. The third-order valence-electron chi connectivity index (χ3n) is 5.77. The van der Waals surface area contributed by atoms with Crippen molar-refractivity contribution in [1.29, 1.82) is 0 Å². The van der Waals surface area contributed by atoms with Gasteiger partial charge in [0.2, 0.25) is 0 Å². The molecule has 0 radical (unpaired) electrons. The fraction of sp³-hybridized carbons (Fsp3) is 0.407. The van der Waals surface area contributed by atoms with Gasteiger partial charge in [0.25, 0.3) is 8.32 Å². The zero-order valence-corrected chi connectivity index (χ0v) is 20.8. The Labute approximate surface area is 198 Å². The van der Waals surface area contributed by atoms with E-state index in [0.717, 1.165) is 10.4 Å². The molecular formula is C27H34O5Si. The summed E-state index contributed by atoms with van der Waals surface area (Å²) in [6, 6.07) is 20.6. The Morgan fingerprint density at radius 3 is 2.06 bits per heavy atom. The lowest BCUT2D eigenvalue weighted by atomic mass is 10.1. The van der Waals surface area contributed by atoms with Crippen molar-refractivity contribution in [1.82, 2.24) is 0 Å². The third-order valence-corrected chi connectivity index (χ3v) is 10.8. The highest BCUT2D eigenvalue weighted by molar-refractivity contribution is 6.99. The van der Waals surface area contributed by atoms with Crippen molar-refractivity contribution in [3.63, 3.8) is 0 Å². The zero-order chi connectivity index (χ0) is 23.9. The van der Waals surface area contributed by atoms with Gasteiger partial charge in [-0.05, 0) is 28.4 Å². The molecule has 2 aromatic carbocycles. The van der Waals surface area contributed by atoms with Crippen LogP contribution in [-0.4, -0.2) is 56.3 Å². The molecule has 2 N–H and O–H groups in total. The maximum Gasteiger partial charge on any atom is 0.262 e. The van der Waals surface area contributed by atoms with E-state index in [0.29, 0.717) is 6.61 Å². The normalized spacial score (nSPS) is 21.8. The van der Waals surface area contributed by atoms with Gasteiger partial charge in [0.15, 0.2) is 6.29 Å². The van der Waals surface area contributed by atoms with E-state index < -0.39 is 32.9 Å². The standard InChI is InChI=1S/C27H34O5Si/c1-5-30-25-19-18-24(26(31-25)23(29)17-12-20-28)32-33(27(2,3)4,21-13-8-6-9-14-21)22-15-10-7-11-16-22/h6-11,13-16,18-19,23-26,28-29H,5,20H2,1-4H3/t23-,24+,25+,26-/m1/s1. The molecule has 4 atom stereocenters. The van der Waals surface area contributed by atoms with Gasteiger partial charge >= 0.3 is 0 Å². The van der Waals surface area contributed by atoms with E-state index in [1.807, 2.05) is 55.5 Å². The molecule has 3 rings (SSSR count). The summed E-state index contributed by atoms with van der Waals surface area (Å²) in [6.45, 7) is 8.63. The number of hydrogen-bond donors (Lipinski definition) is 2. The molecule has 0 unspecified atom stereocenters. The van der Waals surface area contributed by atoms with E-state index in [4.69, 9.17) is 19.0 Å². The monoisotopic (exact) mass is 466 g/mol. The molecule has 1 aliphatic heterocycles. The van der Waals surface area contributed by atoms with Crippen LogP contribution in [0, 0.1) is 11.8 Å². The van der Waals surface area contributed by atoms with Gasteiger partial charge in [-0.3, -0.25) is 0 Å². The second-order valence-electron chi connectivity index (χ2n) is 8.98. The van der Waals surface area contributed by atoms with Crippen molar-refractivity contribution < 1.29 is 24.1 Å². The van der Waals surface area contributed by atoms with E-state index in [1.54, 1.807) is 0 Å². The second-order valence-corrected chi connectivity index (χ2v) is 13.2. The third kappa shape index (κ3) is 5.64.